The van der Waals surface area contributed by atoms with Crippen molar-refractivity contribution in [1.29, 1.82) is 0 Å². The summed E-state index contributed by atoms with van der Waals surface area (Å²) < 4.78 is 31.3. The van der Waals surface area contributed by atoms with Crippen molar-refractivity contribution in [2.24, 2.45) is 5.73 Å². The zero-order valence-electron chi connectivity index (χ0n) is 9.94. The van der Waals surface area contributed by atoms with Gasteiger partial charge in [0.15, 0.2) is 0 Å². The van der Waals surface area contributed by atoms with Crippen LogP contribution in [-0.2, 0) is 14.3 Å². The van der Waals surface area contributed by atoms with Gasteiger partial charge in [-0.25, -0.2) is 8.78 Å². The Balaban J connectivity index is 2.16. The first-order chi connectivity index (χ1) is 8.99. The van der Waals surface area contributed by atoms with Crippen LogP contribution in [0.4, 0.5) is 8.78 Å². The van der Waals surface area contributed by atoms with Crippen LogP contribution in [0.25, 0.3) is 0 Å². The second-order valence-electron chi connectivity index (χ2n) is 4.16. The lowest BCUT2D eigenvalue weighted by Crippen LogP contribution is -2.48. The van der Waals surface area contributed by atoms with Crippen molar-refractivity contribution >= 4 is 11.8 Å². The highest BCUT2D eigenvalue weighted by molar-refractivity contribution is 5.98. The van der Waals surface area contributed by atoms with Crippen molar-refractivity contribution in [2.75, 3.05) is 19.8 Å². The van der Waals surface area contributed by atoms with Crippen molar-refractivity contribution in [1.82, 2.24) is 4.90 Å². The fourth-order valence-electron chi connectivity index (χ4n) is 1.82. The van der Waals surface area contributed by atoms with Gasteiger partial charge in [0.1, 0.15) is 24.8 Å². The molecule has 0 aliphatic carbocycles. The van der Waals surface area contributed by atoms with E-state index in [1.54, 1.807) is 0 Å². The maximum absolute atomic E-state index is 13.5. The summed E-state index contributed by atoms with van der Waals surface area (Å²) in [6, 6.07) is 1.89. The number of hydrogen-bond acceptors (Lipinski definition) is 4. The first kappa shape index (κ1) is 13.6. The average molecular weight is 270 g/mol. The number of morpholine rings is 1. The summed E-state index contributed by atoms with van der Waals surface area (Å²) in [4.78, 5) is 23.9. The highest BCUT2D eigenvalue weighted by Crippen LogP contribution is 2.18. The molecular weight excluding hydrogens is 258 g/mol. The summed E-state index contributed by atoms with van der Waals surface area (Å²) in [7, 11) is 0. The van der Waals surface area contributed by atoms with E-state index in [0.717, 1.165) is 23.1 Å². The van der Waals surface area contributed by atoms with Gasteiger partial charge in [-0.15, -0.1) is 0 Å². The number of hydrogen-bond donors (Lipinski definition) is 1. The standard InChI is InChI=1S/C12H12F2N2O3/c13-7-1-2-9(14)8(3-7)10(15)4-16-11(17)5-19-6-12(16)18/h1-3,10H,4-6,15H2. The van der Waals surface area contributed by atoms with Gasteiger partial charge in [-0.2, -0.15) is 0 Å². The van der Waals surface area contributed by atoms with Crippen molar-refractivity contribution in [2.45, 2.75) is 6.04 Å². The molecule has 1 fully saturated rings. The lowest BCUT2D eigenvalue weighted by molar-refractivity contribution is -0.158. The molecule has 0 saturated carbocycles. The normalized spacial score (nSPS) is 17.7. The summed E-state index contributed by atoms with van der Waals surface area (Å²) in [5.41, 5.74) is 5.65. The Bertz CT molecular complexity index is 506. The van der Waals surface area contributed by atoms with Gasteiger partial charge in [0.05, 0.1) is 6.04 Å². The first-order valence-electron chi connectivity index (χ1n) is 5.60. The first-order valence-corrected chi connectivity index (χ1v) is 5.60. The van der Waals surface area contributed by atoms with E-state index in [0.29, 0.717) is 0 Å². The minimum atomic E-state index is -0.985. The van der Waals surface area contributed by atoms with Gasteiger partial charge in [-0.05, 0) is 18.2 Å². The second-order valence-corrected chi connectivity index (χ2v) is 4.16. The van der Waals surface area contributed by atoms with Crippen molar-refractivity contribution in [3.8, 4) is 0 Å². The molecule has 1 heterocycles. The number of carbonyl (C=O) groups is 2. The summed E-state index contributed by atoms with van der Waals surface area (Å²) in [5.74, 6) is -2.39. The van der Waals surface area contributed by atoms with Crippen LogP contribution in [0.5, 0.6) is 0 Å². The van der Waals surface area contributed by atoms with Gasteiger partial charge in [-0.1, -0.05) is 0 Å². The summed E-state index contributed by atoms with van der Waals surface area (Å²) in [6.45, 7) is -0.643. The van der Waals surface area contributed by atoms with E-state index in [4.69, 9.17) is 10.5 Å². The second kappa shape index (κ2) is 5.41. The van der Waals surface area contributed by atoms with Crippen LogP contribution >= 0.6 is 0 Å². The largest absolute Gasteiger partial charge is 0.362 e. The molecule has 2 amide bonds. The highest BCUT2D eigenvalue weighted by atomic mass is 19.1. The molecule has 1 unspecified atom stereocenters. The third-order valence-electron chi connectivity index (χ3n) is 2.79. The highest BCUT2D eigenvalue weighted by Gasteiger charge is 2.29. The Hall–Kier alpha value is -1.86. The monoisotopic (exact) mass is 270 g/mol. The third-order valence-corrected chi connectivity index (χ3v) is 2.79. The lowest BCUT2D eigenvalue weighted by Gasteiger charge is -2.27. The molecule has 0 aromatic heterocycles. The Kier molecular flexibility index (Phi) is 3.87. The molecule has 1 atom stereocenters. The molecule has 5 nitrogen and oxygen atoms in total. The van der Waals surface area contributed by atoms with E-state index in [-0.39, 0.29) is 25.3 Å². The van der Waals surface area contributed by atoms with Crippen LogP contribution < -0.4 is 5.73 Å². The maximum Gasteiger partial charge on any atom is 0.255 e. The number of amides is 2. The fourth-order valence-corrected chi connectivity index (χ4v) is 1.82. The average Bonchev–Trinajstić information content (AvgIpc) is 2.37. The van der Waals surface area contributed by atoms with Crippen molar-refractivity contribution < 1.29 is 23.1 Å². The van der Waals surface area contributed by atoms with Gasteiger partial charge >= 0.3 is 0 Å². The number of imide groups is 1. The quantitative estimate of drug-likeness (QED) is 0.804. The number of ether oxygens (including phenoxy) is 1. The number of benzene rings is 1. The molecule has 0 radical (unpaired) electrons. The Morgan fingerprint density at radius 3 is 2.53 bits per heavy atom. The molecular formula is C12H12F2N2O3. The SMILES string of the molecule is NC(CN1C(=O)COCC1=O)c1cc(F)ccc1F. The molecule has 1 aliphatic heterocycles. The summed E-state index contributed by atoms with van der Waals surface area (Å²) in [6.07, 6.45) is 0. The van der Waals surface area contributed by atoms with Crippen LogP contribution in [0.3, 0.4) is 0 Å². The molecule has 2 N–H and O–H groups in total. The van der Waals surface area contributed by atoms with Crippen LogP contribution in [0.1, 0.15) is 11.6 Å². The van der Waals surface area contributed by atoms with Gasteiger partial charge < -0.3 is 10.5 Å². The summed E-state index contributed by atoms with van der Waals surface area (Å²) in [5, 5.41) is 0. The Morgan fingerprint density at radius 2 is 1.89 bits per heavy atom. The maximum atomic E-state index is 13.5. The minimum Gasteiger partial charge on any atom is -0.362 e. The van der Waals surface area contributed by atoms with E-state index in [9.17, 15) is 18.4 Å². The van der Waals surface area contributed by atoms with Crippen LogP contribution in [0.15, 0.2) is 18.2 Å². The van der Waals surface area contributed by atoms with E-state index in [1.807, 2.05) is 0 Å². The van der Waals surface area contributed by atoms with Crippen LogP contribution in [0.2, 0.25) is 0 Å². The molecule has 0 spiro atoms. The molecule has 7 heteroatoms. The Morgan fingerprint density at radius 1 is 1.26 bits per heavy atom. The molecule has 2 rings (SSSR count). The number of nitrogens with two attached hydrogens (primary N) is 1. The predicted octanol–water partition coefficient (Wildman–Crippen LogP) is 0.350. The topological polar surface area (TPSA) is 72.6 Å². The molecule has 1 aliphatic rings. The summed E-state index contributed by atoms with van der Waals surface area (Å²) >= 11 is 0. The van der Waals surface area contributed by atoms with E-state index < -0.39 is 29.5 Å². The zero-order valence-corrected chi connectivity index (χ0v) is 9.94. The zero-order chi connectivity index (χ0) is 14.0. The molecule has 1 aromatic carbocycles. The van der Waals surface area contributed by atoms with E-state index >= 15 is 0 Å². The Labute approximate surface area is 107 Å². The van der Waals surface area contributed by atoms with Crippen LogP contribution in [-0.4, -0.2) is 36.5 Å². The van der Waals surface area contributed by atoms with Crippen LogP contribution in [0, 0.1) is 11.6 Å². The molecule has 1 aromatic rings. The van der Waals surface area contributed by atoms with Crippen molar-refractivity contribution in [3.63, 3.8) is 0 Å². The van der Waals surface area contributed by atoms with Gasteiger partial charge in [0, 0.05) is 12.1 Å². The van der Waals surface area contributed by atoms with Gasteiger partial charge in [-0.3, -0.25) is 14.5 Å². The van der Waals surface area contributed by atoms with E-state index in [2.05, 4.69) is 0 Å². The molecule has 102 valence electrons. The number of rotatable bonds is 3. The van der Waals surface area contributed by atoms with Gasteiger partial charge in [0.2, 0.25) is 0 Å². The predicted molar refractivity (Wildman–Crippen MR) is 60.8 cm³/mol. The third kappa shape index (κ3) is 2.94. The minimum absolute atomic E-state index is 0.0768. The lowest BCUT2D eigenvalue weighted by atomic mass is 10.1. The molecule has 19 heavy (non-hydrogen) atoms. The number of nitrogens with zero attached hydrogens (tertiary/aromatic N) is 1. The van der Waals surface area contributed by atoms with Gasteiger partial charge in [0.25, 0.3) is 11.8 Å². The smallest absolute Gasteiger partial charge is 0.255 e. The number of halogens is 2. The van der Waals surface area contributed by atoms with Crippen molar-refractivity contribution in [3.05, 3.63) is 35.4 Å². The number of carbonyl (C=O) groups excluding carboxylic acids is 2. The molecule has 1 saturated heterocycles. The van der Waals surface area contributed by atoms with E-state index in [1.165, 1.54) is 0 Å². The molecule has 0 bridgehead atoms. The fraction of sp³-hybridized carbons (Fsp3) is 0.333.